The highest BCUT2D eigenvalue weighted by Crippen LogP contribution is 2.33. The van der Waals surface area contributed by atoms with Crippen molar-refractivity contribution in [1.29, 1.82) is 0 Å². The third-order valence-electron chi connectivity index (χ3n) is 3.25. The fourth-order valence-corrected chi connectivity index (χ4v) is 2.42. The van der Waals surface area contributed by atoms with E-state index in [0.717, 1.165) is 29.8 Å². The maximum atomic E-state index is 5.88. The minimum atomic E-state index is -0.0484. The first-order chi connectivity index (χ1) is 7.67. The Bertz CT molecular complexity index is 529. The molecule has 0 spiro atoms. The van der Waals surface area contributed by atoms with Crippen LogP contribution in [0.2, 0.25) is 5.02 Å². The van der Waals surface area contributed by atoms with E-state index in [1.54, 1.807) is 6.20 Å². The van der Waals surface area contributed by atoms with E-state index in [0.29, 0.717) is 5.02 Å². The predicted octanol–water partition coefficient (Wildman–Crippen LogP) is 3.08. The Morgan fingerprint density at radius 1 is 1.50 bits per heavy atom. The molecule has 1 aliphatic heterocycles. The van der Waals surface area contributed by atoms with Crippen LogP contribution < -0.4 is 5.32 Å². The Kier molecular flexibility index (Phi) is 2.19. The molecular weight excluding hydrogens is 224 g/mol. The van der Waals surface area contributed by atoms with Crippen LogP contribution >= 0.6 is 11.6 Å². The van der Waals surface area contributed by atoms with Gasteiger partial charge in [-0.1, -0.05) is 11.6 Å². The number of rotatable bonds is 1. The van der Waals surface area contributed by atoms with Crippen LogP contribution in [0.4, 0.5) is 0 Å². The van der Waals surface area contributed by atoms with Crippen molar-refractivity contribution in [3.63, 3.8) is 0 Å². The summed E-state index contributed by atoms with van der Waals surface area (Å²) in [7, 11) is 0. The molecule has 3 nitrogen and oxygen atoms in total. The van der Waals surface area contributed by atoms with Crippen molar-refractivity contribution in [1.82, 2.24) is 10.3 Å². The average Bonchev–Trinajstić information content (AvgIpc) is 2.84. The second-order valence-electron chi connectivity index (χ2n) is 4.51. The highest BCUT2D eigenvalue weighted by atomic mass is 35.5. The molecule has 0 unspecified atom stereocenters. The summed E-state index contributed by atoms with van der Waals surface area (Å²) >= 11 is 5.88. The van der Waals surface area contributed by atoms with E-state index in [1.807, 2.05) is 12.1 Å². The van der Waals surface area contributed by atoms with Crippen molar-refractivity contribution in [2.75, 3.05) is 6.54 Å². The number of pyridine rings is 1. The molecule has 4 heteroatoms. The van der Waals surface area contributed by atoms with Crippen LogP contribution in [0, 0.1) is 0 Å². The van der Waals surface area contributed by atoms with Gasteiger partial charge in [0.25, 0.3) is 0 Å². The summed E-state index contributed by atoms with van der Waals surface area (Å²) in [6.07, 6.45) is 3.93. The molecule has 2 aromatic rings. The van der Waals surface area contributed by atoms with E-state index in [-0.39, 0.29) is 5.54 Å². The molecule has 3 heterocycles. The summed E-state index contributed by atoms with van der Waals surface area (Å²) in [6.45, 7) is 3.21. The van der Waals surface area contributed by atoms with Gasteiger partial charge < -0.3 is 9.73 Å². The third kappa shape index (κ3) is 1.51. The molecule has 0 aromatic carbocycles. The largest absolute Gasteiger partial charge is 0.457 e. The zero-order valence-corrected chi connectivity index (χ0v) is 9.84. The van der Waals surface area contributed by atoms with Gasteiger partial charge in [-0.05, 0) is 26.3 Å². The molecule has 0 amide bonds. The number of halogens is 1. The molecule has 0 aliphatic carbocycles. The molecule has 2 aromatic heterocycles. The summed E-state index contributed by atoms with van der Waals surface area (Å²) in [5, 5.41) is 4.08. The van der Waals surface area contributed by atoms with Gasteiger partial charge in [0.15, 0.2) is 5.58 Å². The molecule has 84 valence electrons. The minimum Gasteiger partial charge on any atom is -0.457 e. The van der Waals surface area contributed by atoms with Crippen LogP contribution in [0.3, 0.4) is 0 Å². The summed E-state index contributed by atoms with van der Waals surface area (Å²) in [4.78, 5) is 4.25. The monoisotopic (exact) mass is 236 g/mol. The molecule has 0 saturated carbocycles. The number of fused-ring (bicyclic) bond motifs is 1. The van der Waals surface area contributed by atoms with E-state index in [2.05, 4.69) is 17.2 Å². The number of nitrogens with zero attached hydrogens (tertiary/aromatic N) is 1. The zero-order chi connectivity index (χ0) is 11.2. The van der Waals surface area contributed by atoms with Gasteiger partial charge in [-0.25, -0.2) is 0 Å². The van der Waals surface area contributed by atoms with Crippen LogP contribution in [0.5, 0.6) is 0 Å². The molecule has 1 atom stereocenters. The van der Waals surface area contributed by atoms with Gasteiger partial charge in [-0.3, -0.25) is 4.98 Å². The Hall–Kier alpha value is -1.06. The van der Waals surface area contributed by atoms with Gasteiger partial charge in [0.05, 0.1) is 10.6 Å². The molecule has 16 heavy (non-hydrogen) atoms. The Balaban J connectivity index is 2.11. The first-order valence-electron chi connectivity index (χ1n) is 5.48. The quantitative estimate of drug-likeness (QED) is 0.827. The van der Waals surface area contributed by atoms with Crippen molar-refractivity contribution < 1.29 is 4.42 Å². The van der Waals surface area contributed by atoms with Crippen LogP contribution in [0.25, 0.3) is 11.1 Å². The van der Waals surface area contributed by atoms with Crippen molar-refractivity contribution in [3.05, 3.63) is 29.1 Å². The normalized spacial score (nSPS) is 25.4. The van der Waals surface area contributed by atoms with Crippen LogP contribution in [0.1, 0.15) is 25.5 Å². The minimum absolute atomic E-state index is 0.0484. The lowest BCUT2D eigenvalue weighted by Gasteiger charge is -2.20. The summed E-state index contributed by atoms with van der Waals surface area (Å²) in [5.41, 5.74) is 1.58. The van der Waals surface area contributed by atoms with Crippen molar-refractivity contribution >= 4 is 22.7 Å². The second-order valence-corrected chi connectivity index (χ2v) is 4.95. The molecule has 0 radical (unpaired) electrons. The first-order valence-corrected chi connectivity index (χ1v) is 5.86. The average molecular weight is 237 g/mol. The fourth-order valence-electron chi connectivity index (χ4n) is 2.27. The van der Waals surface area contributed by atoms with Crippen molar-refractivity contribution in [2.45, 2.75) is 25.3 Å². The Morgan fingerprint density at radius 3 is 3.12 bits per heavy atom. The standard InChI is InChI=1S/C12H13ClN2O/c1-12(3-2-4-15-12)11-6-9-10(16-11)5-8(13)7-14-9/h5-7,15H,2-4H2,1H3/t12-/m0/s1. The highest BCUT2D eigenvalue weighted by molar-refractivity contribution is 6.30. The van der Waals surface area contributed by atoms with Gasteiger partial charge in [-0.15, -0.1) is 0 Å². The summed E-state index contributed by atoms with van der Waals surface area (Å²) in [6, 6.07) is 3.82. The van der Waals surface area contributed by atoms with E-state index in [4.69, 9.17) is 16.0 Å². The molecule has 3 rings (SSSR count). The lowest BCUT2D eigenvalue weighted by Crippen LogP contribution is -2.32. The van der Waals surface area contributed by atoms with E-state index in [1.165, 1.54) is 6.42 Å². The van der Waals surface area contributed by atoms with E-state index >= 15 is 0 Å². The van der Waals surface area contributed by atoms with E-state index < -0.39 is 0 Å². The van der Waals surface area contributed by atoms with Gasteiger partial charge >= 0.3 is 0 Å². The third-order valence-corrected chi connectivity index (χ3v) is 3.46. The van der Waals surface area contributed by atoms with Gasteiger partial charge in [0, 0.05) is 18.3 Å². The molecule has 1 fully saturated rings. The molecule has 1 N–H and O–H groups in total. The van der Waals surface area contributed by atoms with Crippen LogP contribution in [0.15, 0.2) is 22.7 Å². The summed E-state index contributed by atoms with van der Waals surface area (Å²) < 4.78 is 5.83. The SMILES string of the molecule is C[C@@]1(c2cc3ncc(Cl)cc3o2)CCCN1. The first kappa shape index (κ1) is 10.1. The van der Waals surface area contributed by atoms with Crippen molar-refractivity contribution in [3.8, 4) is 0 Å². The number of furan rings is 1. The van der Waals surface area contributed by atoms with Gasteiger partial charge in [0.2, 0.25) is 0 Å². The molecule has 0 bridgehead atoms. The van der Waals surface area contributed by atoms with E-state index in [9.17, 15) is 0 Å². The van der Waals surface area contributed by atoms with Crippen LogP contribution in [-0.2, 0) is 5.54 Å². The number of hydrogen-bond donors (Lipinski definition) is 1. The maximum absolute atomic E-state index is 5.88. The zero-order valence-electron chi connectivity index (χ0n) is 9.09. The van der Waals surface area contributed by atoms with Crippen molar-refractivity contribution in [2.24, 2.45) is 0 Å². The lowest BCUT2D eigenvalue weighted by molar-refractivity contribution is 0.346. The Morgan fingerprint density at radius 2 is 2.38 bits per heavy atom. The predicted molar refractivity (Wildman–Crippen MR) is 63.6 cm³/mol. The van der Waals surface area contributed by atoms with Crippen LogP contribution in [-0.4, -0.2) is 11.5 Å². The summed E-state index contributed by atoms with van der Waals surface area (Å²) in [5.74, 6) is 0.953. The lowest BCUT2D eigenvalue weighted by atomic mass is 9.97. The molecule has 1 aliphatic rings. The molecule has 1 saturated heterocycles. The maximum Gasteiger partial charge on any atom is 0.154 e. The molecular formula is C12H13ClN2O. The topological polar surface area (TPSA) is 38.1 Å². The smallest absolute Gasteiger partial charge is 0.154 e. The van der Waals surface area contributed by atoms with Gasteiger partial charge in [-0.2, -0.15) is 0 Å². The number of aromatic nitrogens is 1. The number of nitrogens with one attached hydrogen (secondary N) is 1. The highest BCUT2D eigenvalue weighted by Gasteiger charge is 2.33. The fraction of sp³-hybridized carbons (Fsp3) is 0.417. The Labute approximate surface area is 98.8 Å². The number of hydrogen-bond acceptors (Lipinski definition) is 3. The second kappa shape index (κ2) is 3.47. The van der Waals surface area contributed by atoms with Gasteiger partial charge in [0.1, 0.15) is 11.3 Å².